The van der Waals surface area contributed by atoms with Crippen molar-refractivity contribution >= 4 is 18.0 Å². The van der Waals surface area contributed by atoms with Crippen LogP contribution in [0.3, 0.4) is 0 Å². The summed E-state index contributed by atoms with van der Waals surface area (Å²) in [6, 6.07) is 4.84. The number of hydrogen-bond donors (Lipinski definition) is 1. The summed E-state index contributed by atoms with van der Waals surface area (Å²) in [7, 11) is 0. The average Bonchev–Trinajstić information content (AvgIpc) is 2.85. The molecule has 0 bridgehead atoms. The number of carbonyl (C=O) groups excluding carboxylic acids is 3. The number of hydrogen-bond acceptors (Lipinski definition) is 7. The highest BCUT2D eigenvalue weighted by Crippen LogP contribution is 2.59. The summed E-state index contributed by atoms with van der Waals surface area (Å²) in [6.07, 6.45) is 1.26. The van der Waals surface area contributed by atoms with Crippen molar-refractivity contribution in [3.05, 3.63) is 41.0 Å². The first-order chi connectivity index (χ1) is 12.5. The van der Waals surface area contributed by atoms with E-state index in [9.17, 15) is 19.5 Å². The molecule has 4 rings (SSSR count). The molecule has 1 heterocycles. The number of Topliss-reactive ketones (excluding diaryl/α,β-unsaturated/α-hetero) is 1. The van der Waals surface area contributed by atoms with Gasteiger partial charge in [0.25, 0.3) is 0 Å². The number of rotatable bonds is 2. The van der Waals surface area contributed by atoms with Gasteiger partial charge in [-0.1, -0.05) is 12.1 Å². The predicted octanol–water partition coefficient (Wildman–Crippen LogP) is 1.66. The van der Waals surface area contributed by atoms with Crippen molar-refractivity contribution in [2.45, 2.75) is 50.8 Å². The maximum Gasteiger partial charge on any atom is 0.308 e. The Morgan fingerprint density at radius 2 is 2.00 bits per heavy atom. The van der Waals surface area contributed by atoms with E-state index in [1.807, 2.05) is 0 Å². The van der Waals surface area contributed by atoms with Gasteiger partial charge in [0.05, 0.1) is 17.6 Å². The number of aldehydes is 1. The van der Waals surface area contributed by atoms with Gasteiger partial charge < -0.3 is 19.3 Å². The zero-order valence-electron chi connectivity index (χ0n) is 15.4. The second-order valence-corrected chi connectivity index (χ2v) is 7.78. The van der Waals surface area contributed by atoms with E-state index in [-0.39, 0.29) is 16.9 Å². The van der Waals surface area contributed by atoms with E-state index >= 15 is 0 Å². The van der Waals surface area contributed by atoms with Gasteiger partial charge in [-0.3, -0.25) is 14.4 Å². The van der Waals surface area contributed by atoms with Gasteiger partial charge in [0.2, 0.25) is 5.78 Å². The molecular formula is C20H20O7. The van der Waals surface area contributed by atoms with Crippen molar-refractivity contribution in [3.8, 4) is 5.75 Å². The molecule has 1 aliphatic heterocycles. The lowest BCUT2D eigenvalue weighted by Gasteiger charge is -2.56. The Hall–Kier alpha value is -2.35. The van der Waals surface area contributed by atoms with Crippen molar-refractivity contribution in [1.29, 1.82) is 0 Å². The van der Waals surface area contributed by atoms with E-state index < -0.39 is 40.8 Å². The van der Waals surface area contributed by atoms with Crippen LogP contribution in [0.4, 0.5) is 0 Å². The molecule has 1 aromatic carbocycles. The van der Waals surface area contributed by atoms with Crippen LogP contribution in [0.2, 0.25) is 0 Å². The molecule has 1 fully saturated rings. The molecule has 0 spiro atoms. The first-order valence-electron chi connectivity index (χ1n) is 8.69. The maximum atomic E-state index is 13.4. The fourth-order valence-electron chi connectivity index (χ4n) is 4.79. The van der Waals surface area contributed by atoms with Crippen molar-refractivity contribution in [1.82, 2.24) is 0 Å². The lowest BCUT2D eigenvalue weighted by molar-refractivity contribution is -0.359. The van der Waals surface area contributed by atoms with Crippen molar-refractivity contribution in [2.75, 3.05) is 0 Å². The summed E-state index contributed by atoms with van der Waals surface area (Å²) in [6.45, 7) is 6.44. The van der Waals surface area contributed by atoms with Gasteiger partial charge in [0.15, 0.2) is 11.4 Å². The number of aliphatic hydroxyl groups is 1. The molecule has 0 radical (unpaired) electrons. The fourth-order valence-corrected chi connectivity index (χ4v) is 4.79. The Bertz CT molecular complexity index is 915. The predicted molar refractivity (Wildman–Crippen MR) is 92.1 cm³/mol. The molecule has 142 valence electrons. The molecule has 0 aromatic heterocycles. The van der Waals surface area contributed by atoms with Crippen LogP contribution in [0, 0.1) is 5.92 Å². The zero-order valence-corrected chi connectivity index (χ0v) is 15.4. The maximum absolute atomic E-state index is 13.4. The summed E-state index contributed by atoms with van der Waals surface area (Å²) >= 11 is 0. The topological polar surface area (TPSA) is 99.1 Å². The number of ketones is 1. The summed E-state index contributed by atoms with van der Waals surface area (Å²) in [5, 5.41) is 11.4. The van der Waals surface area contributed by atoms with Gasteiger partial charge in [-0.05, 0) is 38.5 Å². The van der Waals surface area contributed by atoms with Crippen LogP contribution >= 0.6 is 0 Å². The van der Waals surface area contributed by atoms with Crippen LogP contribution in [0.1, 0.15) is 43.6 Å². The Labute approximate surface area is 155 Å². The third-order valence-electron chi connectivity index (χ3n) is 5.55. The Kier molecular flexibility index (Phi) is 3.57. The lowest BCUT2D eigenvalue weighted by Crippen LogP contribution is -2.66. The van der Waals surface area contributed by atoms with Crippen molar-refractivity contribution in [3.63, 3.8) is 0 Å². The minimum Gasteiger partial charge on any atom is -0.426 e. The standard InChI is InChI=1S/C20H20O7/c1-10(22)25-13-7-5-6-12-15(13)17(23)20(24)11(9-21)8-14-16(20)19(12,4)27-18(2,3)26-14/h5-9,14,16,24H,1-4H3/t14-,16-,19-,20+/m1/s1. The van der Waals surface area contributed by atoms with Gasteiger partial charge in [0, 0.05) is 12.5 Å². The summed E-state index contributed by atoms with van der Waals surface area (Å²) in [5.41, 5.74) is -2.82. The lowest BCUT2D eigenvalue weighted by atomic mass is 9.62. The minimum atomic E-state index is -2.12. The van der Waals surface area contributed by atoms with Gasteiger partial charge in [-0.2, -0.15) is 0 Å². The highest BCUT2D eigenvalue weighted by Gasteiger charge is 2.69. The second kappa shape index (κ2) is 5.34. The van der Waals surface area contributed by atoms with Crippen LogP contribution in [0.25, 0.3) is 0 Å². The molecule has 4 atom stereocenters. The second-order valence-electron chi connectivity index (χ2n) is 7.78. The first kappa shape index (κ1) is 18.0. The van der Waals surface area contributed by atoms with E-state index in [0.717, 1.165) is 0 Å². The summed E-state index contributed by atoms with van der Waals surface area (Å²) < 4.78 is 17.3. The van der Waals surface area contributed by atoms with E-state index in [1.54, 1.807) is 32.9 Å². The van der Waals surface area contributed by atoms with Crippen LogP contribution in [-0.4, -0.2) is 40.6 Å². The largest absolute Gasteiger partial charge is 0.426 e. The molecule has 1 saturated heterocycles. The SMILES string of the molecule is CC(=O)Oc1cccc2c1C(=O)[C@]1(O)C(C=O)=C[C@H]3OC(C)(C)O[C@@]2(C)[C@@H]31. The van der Waals surface area contributed by atoms with Gasteiger partial charge in [-0.25, -0.2) is 0 Å². The molecule has 0 saturated carbocycles. The quantitative estimate of drug-likeness (QED) is 0.479. The van der Waals surface area contributed by atoms with Crippen LogP contribution in [-0.2, 0) is 24.7 Å². The van der Waals surface area contributed by atoms with E-state index in [4.69, 9.17) is 14.2 Å². The minimum absolute atomic E-state index is 0.0275. The monoisotopic (exact) mass is 372 g/mol. The Morgan fingerprint density at radius 3 is 2.63 bits per heavy atom. The van der Waals surface area contributed by atoms with E-state index in [2.05, 4.69) is 0 Å². The van der Waals surface area contributed by atoms with Crippen molar-refractivity contribution < 1.29 is 33.7 Å². The first-order valence-corrected chi connectivity index (χ1v) is 8.69. The smallest absolute Gasteiger partial charge is 0.308 e. The number of fused-ring (bicyclic) bond motifs is 2. The molecule has 2 aliphatic carbocycles. The van der Waals surface area contributed by atoms with E-state index in [1.165, 1.54) is 19.1 Å². The van der Waals surface area contributed by atoms with E-state index in [0.29, 0.717) is 11.8 Å². The van der Waals surface area contributed by atoms with Crippen LogP contribution in [0.15, 0.2) is 29.8 Å². The molecule has 7 heteroatoms. The molecule has 1 N–H and O–H groups in total. The number of benzene rings is 1. The van der Waals surface area contributed by atoms with Gasteiger partial charge >= 0.3 is 5.97 Å². The zero-order chi connectivity index (χ0) is 19.8. The van der Waals surface area contributed by atoms with Crippen LogP contribution < -0.4 is 4.74 Å². The fraction of sp³-hybridized carbons (Fsp3) is 0.450. The number of ether oxygens (including phenoxy) is 3. The van der Waals surface area contributed by atoms with Crippen LogP contribution in [0.5, 0.6) is 5.75 Å². The molecule has 0 amide bonds. The Balaban J connectivity index is 2.04. The highest BCUT2D eigenvalue weighted by atomic mass is 16.7. The average molecular weight is 372 g/mol. The number of carbonyl (C=O) groups is 3. The third-order valence-corrected chi connectivity index (χ3v) is 5.55. The number of esters is 1. The summed E-state index contributed by atoms with van der Waals surface area (Å²) in [5.74, 6) is -3.14. The molecule has 1 aromatic rings. The summed E-state index contributed by atoms with van der Waals surface area (Å²) in [4.78, 5) is 36.6. The molecule has 7 nitrogen and oxygen atoms in total. The Morgan fingerprint density at radius 1 is 1.30 bits per heavy atom. The van der Waals surface area contributed by atoms with Gasteiger partial charge in [0.1, 0.15) is 17.6 Å². The molecule has 27 heavy (non-hydrogen) atoms. The van der Waals surface area contributed by atoms with Gasteiger partial charge in [-0.15, -0.1) is 0 Å². The molecular weight excluding hydrogens is 352 g/mol. The van der Waals surface area contributed by atoms with Crippen molar-refractivity contribution in [2.24, 2.45) is 5.92 Å². The normalized spacial score (nSPS) is 35.7. The molecule has 0 unspecified atom stereocenters. The highest BCUT2D eigenvalue weighted by molar-refractivity contribution is 6.13. The third kappa shape index (κ3) is 2.22. The molecule has 3 aliphatic rings.